The van der Waals surface area contributed by atoms with Crippen LogP contribution in [-0.4, -0.2) is 43.1 Å². The predicted octanol–water partition coefficient (Wildman–Crippen LogP) is 0.498. The lowest BCUT2D eigenvalue weighted by molar-refractivity contribution is -0.122. The van der Waals surface area contributed by atoms with Gasteiger partial charge in [-0.15, -0.1) is 5.10 Å². The number of aromatic nitrogens is 4. The smallest absolute Gasteiger partial charge is 0.352 e. The second-order valence-electron chi connectivity index (χ2n) is 8.22. The van der Waals surface area contributed by atoms with Crippen molar-refractivity contribution in [2.24, 2.45) is 5.92 Å². The van der Waals surface area contributed by atoms with Gasteiger partial charge in [0.05, 0.1) is 10.9 Å². The molecular formula is C21H28N6O4. The Kier molecular flexibility index (Phi) is 6.57. The lowest BCUT2D eigenvalue weighted by Crippen LogP contribution is -2.36. The van der Waals surface area contributed by atoms with Crippen molar-refractivity contribution < 1.29 is 9.59 Å². The largest absolute Gasteiger partial charge is 0.356 e. The van der Waals surface area contributed by atoms with Crippen LogP contribution in [0.2, 0.25) is 0 Å². The molecule has 2 amide bonds. The highest BCUT2D eigenvalue weighted by Gasteiger charge is 2.19. The van der Waals surface area contributed by atoms with Crippen molar-refractivity contribution in [2.75, 3.05) is 6.54 Å². The molecule has 0 spiro atoms. The van der Waals surface area contributed by atoms with Gasteiger partial charge in [-0.2, -0.15) is 0 Å². The first-order chi connectivity index (χ1) is 14.7. The van der Waals surface area contributed by atoms with Crippen molar-refractivity contribution in [3.8, 4) is 0 Å². The van der Waals surface area contributed by atoms with E-state index in [0.717, 1.165) is 4.68 Å². The Balaban J connectivity index is 2.06. The van der Waals surface area contributed by atoms with Crippen LogP contribution in [-0.2, 0) is 22.7 Å². The maximum absolute atomic E-state index is 13.1. The van der Waals surface area contributed by atoms with Gasteiger partial charge in [0.1, 0.15) is 6.54 Å². The lowest BCUT2D eigenvalue weighted by Gasteiger charge is -2.11. The molecule has 3 aromatic rings. The van der Waals surface area contributed by atoms with Crippen LogP contribution in [0.25, 0.3) is 16.7 Å². The highest BCUT2D eigenvalue weighted by molar-refractivity contribution is 5.80. The van der Waals surface area contributed by atoms with E-state index < -0.39 is 5.69 Å². The summed E-state index contributed by atoms with van der Waals surface area (Å²) in [4.78, 5) is 50.5. The molecule has 0 radical (unpaired) electrons. The third-order valence-electron chi connectivity index (χ3n) is 4.70. The van der Waals surface area contributed by atoms with Crippen LogP contribution in [0.15, 0.2) is 33.9 Å². The van der Waals surface area contributed by atoms with Gasteiger partial charge in [0, 0.05) is 25.6 Å². The first-order valence-corrected chi connectivity index (χ1v) is 10.4. The third kappa shape index (κ3) is 4.84. The Morgan fingerprint density at radius 3 is 2.45 bits per heavy atom. The summed E-state index contributed by atoms with van der Waals surface area (Å²) >= 11 is 0. The van der Waals surface area contributed by atoms with Gasteiger partial charge in [-0.25, -0.2) is 13.9 Å². The molecule has 2 aromatic heterocycles. The minimum absolute atomic E-state index is 0.0613. The van der Waals surface area contributed by atoms with Crippen molar-refractivity contribution in [3.05, 3.63) is 45.1 Å². The summed E-state index contributed by atoms with van der Waals surface area (Å²) in [6.07, 6.45) is 0.0650. The molecule has 0 fully saturated rings. The van der Waals surface area contributed by atoms with Gasteiger partial charge in [0.25, 0.3) is 5.56 Å². The van der Waals surface area contributed by atoms with Crippen molar-refractivity contribution in [2.45, 2.75) is 53.2 Å². The van der Waals surface area contributed by atoms with Crippen molar-refractivity contribution >= 4 is 28.5 Å². The minimum atomic E-state index is -0.525. The molecule has 0 aliphatic heterocycles. The molecule has 166 valence electrons. The zero-order valence-electron chi connectivity index (χ0n) is 18.2. The number of rotatable bonds is 8. The van der Waals surface area contributed by atoms with E-state index in [1.165, 1.54) is 8.97 Å². The normalized spacial score (nSPS) is 11.5. The monoisotopic (exact) mass is 428 g/mol. The molecule has 0 saturated heterocycles. The summed E-state index contributed by atoms with van der Waals surface area (Å²) in [6, 6.07) is 6.64. The molecule has 2 heterocycles. The van der Waals surface area contributed by atoms with E-state index in [2.05, 4.69) is 15.7 Å². The zero-order valence-corrected chi connectivity index (χ0v) is 18.2. The summed E-state index contributed by atoms with van der Waals surface area (Å²) in [5.41, 5.74) is -0.463. The summed E-state index contributed by atoms with van der Waals surface area (Å²) < 4.78 is 3.66. The van der Waals surface area contributed by atoms with Gasteiger partial charge in [-0.3, -0.25) is 19.0 Å². The SMILES string of the molecule is CC(C)CNC(=O)CCn1c(=O)c2ccccc2n2c(=O)n(CC(=O)NC(C)C)nc12. The molecule has 0 bridgehead atoms. The second-order valence-corrected chi connectivity index (χ2v) is 8.22. The van der Waals surface area contributed by atoms with Crippen LogP contribution < -0.4 is 21.9 Å². The molecule has 0 saturated carbocycles. The number of para-hydroxylation sites is 1. The Morgan fingerprint density at radius 2 is 1.77 bits per heavy atom. The Hall–Kier alpha value is -3.43. The summed E-state index contributed by atoms with van der Waals surface area (Å²) in [6.45, 7) is 7.96. The number of hydrogen-bond acceptors (Lipinski definition) is 5. The predicted molar refractivity (Wildman–Crippen MR) is 117 cm³/mol. The standard InChI is InChI=1S/C21H28N6O4/c1-13(2)11-22-17(28)9-10-25-19(30)15-7-5-6-8-16(15)27-20(25)24-26(21(27)31)12-18(29)23-14(3)4/h5-8,13-14H,9-12H2,1-4H3,(H,22,28)(H,23,29). The van der Waals surface area contributed by atoms with Crippen LogP contribution in [0.3, 0.4) is 0 Å². The molecule has 10 nitrogen and oxygen atoms in total. The van der Waals surface area contributed by atoms with Crippen LogP contribution >= 0.6 is 0 Å². The van der Waals surface area contributed by atoms with E-state index in [4.69, 9.17) is 0 Å². The minimum Gasteiger partial charge on any atom is -0.356 e. The molecular weight excluding hydrogens is 400 g/mol. The van der Waals surface area contributed by atoms with Crippen molar-refractivity contribution in [1.29, 1.82) is 0 Å². The molecule has 3 rings (SSSR count). The number of carbonyl (C=O) groups is 2. The fraction of sp³-hybridized carbons (Fsp3) is 0.476. The first-order valence-electron chi connectivity index (χ1n) is 10.4. The van der Waals surface area contributed by atoms with Crippen molar-refractivity contribution in [1.82, 2.24) is 29.4 Å². The van der Waals surface area contributed by atoms with Gasteiger partial charge in [-0.1, -0.05) is 26.0 Å². The molecule has 0 aliphatic rings. The number of amides is 2. The topological polar surface area (TPSA) is 120 Å². The van der Waals surface area contributed by atoms with E-state index in [9.17, 15) is 19.2 Å². The molecule has 0 aliphatic carbocycles. The highest BCUT2D eigenvalue weighted by atomic mass is 16.2. The molecule has 0 unspecified atom stereocenters. The Morgan fingerprint density at radius 1 is 1.06 bits per heavy atom. The molecule has 1 aromatic carbocycles. The highest BCUT2D eigenvalue weighted by Crippen LogP contribution is 2.11. The van der Waals surface area contributed by atoms with Gasteiger partial charge >= 0.3 is 5.69 Å². The van der Waals surface area contributed by atoms with Crippen LogP contribution in [0.5, 0.6) is 0 Å². The fourth-order valence-corrected chi connectivity index (χ4v) is 3.30. The van der Waals surface area contributed by atoms with Crippen molar-refractivity contribution in [3.63, 3.8) is 0 Å². The quantitative estimate of drug-likeness (QED) is 0.541. The van der Waals surface area contributed by atoms with E-state index in [0.29, 0.717) is 23.4 Å². The number of carbonyl (C=O) groups excluding carboxylic acids is 2. The number of nitrogens with zero attached hydrogens (tertiary/aromatic N) is 4. The number of hydrogen-bond donors (Lipinski definition) is 2. The van der Waals surface area contributed by atoms with Gasteiger partial charge in [0.15, 0.2) is 0 Å². The number of benzene rings is 1. The Labute approximate surface area is 178 Å². The molecule has 2 N–H and O–H groups in total. The maximum Gasteiger partial charge on any atom is 0.352 e. The fourth-order valence-electron chi connectivity index (χ4n) is 3.30. The third-order valence-corrected chi connectivity index (χ3v) is 4.70. The average molecular weight is 428 g/mol. The Bertz CT molecular complexity index is 1230. The lowest BCUT2D eigenvalue weighted by atomic mass is 10.2. The number of nitrogens with one attached hydrogen (secondary N) is 2. The summed E-state index contributed by atoms with van der Waals surface area (Å²) in [5, 5.41) is 10.1. The van der Waals surface area contributed by atoms with Gasteiger partial charge in [0.2, 0.25) is 17.6 Å². The van der Waals surface area contributed by atoms with Crippen LogP contribution in [0.4, 0.5) is 0 Å². The van der Waals surface area contributed by atoms with Crippen LogP contribution in [0, 0.1) is 5.92 Å². The van der Waals surface area contributed by atoms with E-state index in [-0.39, 0.29) is 48.7 Å². The molecule has 10 heteroatoms. The van der Waals surface area contributed by atoms with Crippen LogP contribution in [0.1, 0.15) is 34.1 Å². The number of aryl methyl sites for hydroxylation is 1. The zero-order chi connectivity index (χ0) is 22.7. The molecule has 31 heavy (non-hydrogen) atoms. The average Bonchev–Trinajstić information content (AvgIpc) is 3.01. The summed E-state index contributed by atoms with van der Waals surface area (Å²) in [7, 11) is 0. The molecule has 0 atom stereocenters. The van der Waals surface area contributed by atoms with Gasteiger partial charge in [-0.05, 0) is 31.9 Å². The first kappa shape index (κ1) is 22.3. The van der Waals surface area contributed by atoms with E-state index in [1.807, 2.05) is 27.7 Å². The number of fused-ring (bicyclic) bond motifs is 3. The van der Waals surface area contributed by atoms with E-state index >= 15 is 0 Å². The summed E-state index contributed by atoms with van der Waals surface area (Å²) in [5.74, 6) is -0.134. The van der Waals surface area contributed by atoms with Gasteiger partial charge < -0.3 is 10.6 Å². The van der Waals surface area contributed by atoms with E-state index in [1.54, 1.807) is 24.3 Å². The second kappa shape index (κ2) is 9.15. The maximum atomic E-state index is 13.1.